The largest absolute Gasteiger partial charge is 0.463 e. The molecule has 0 radical (unpaired) electrons. The van der Waals surface area contributed by atoms with E-state index in [1.807, 2.05) is 24.3 Å². The van der Waals surface area contributed by atoms with Crippen LogP contribution in [0, 0.1) is 5.92 Å². The molecule has 0 bridgehead atoms. The molecule has 3 rings (SSSR count). The number of nitrogens with zero attached hydrogens (tertiary/aromatic N) is 1. The van der Waals surface area contributed by atoms with E-state index in [0.29, 0.717) is 17.1 Å². The van der Waals surface area contributed by atoms with E-state index in [-0.39, 0.29) is 24.5 Å². The number of esters is 1. The number of hydrogen-bond donors (Lipinski definition) is 1. The highest BCUT2D eigenvalue weighted by atomic mass is 16.5. The van der Waals surface area contributed by atoms with Crippen molar-refractivity contribution in [2.75, 3.05) is 16.8 Å². The number of carbonyl (C=O) groups is 3. The molecule has 1 aliphatic heterocycles. The highest BCUT2D eigenvalue weighted by Crippen LogP contribution is 2.34. The number of benzene rings is 2. The first-order chi connectivity index (χ1) is 13.5. The van der Waals surface area contributed by atoms with Crippen LogP contribution in [0.15, 0.2) is 71.9 Å². The zero-order valence-corrected chi connectivity index (χ0v) is 15.8. The van der Waals surface area contributed by atoms with Gasteiger partial charge in [0, 0.05) is 23.5 Å². The first-order valence-electron chi connectivity index (χ1n) is 9.14. The van der Waals surface area contributed by atoms with E-state index in [1.165, 1.54) is 4.90 Å². The minimum atomic E-state index is -0.910. The maximum atomic E-state index is 12.9. The molecular formula is C22H22N2O4. The molecule has 1 heterocycles. The van der Waals surface area contributed by atoms with Crippen LogP contribution in [0.5, 0.6) is 0 Å². The predicted molar refractivity (Wildman–Crippen MR) is 106 cm³/mol. The summed E-state index contributed by atoms with van der Waals surface area (Å²) >= 11 is 0. The Labute approximate surface area is 163 Å². The number of allylic oxidation sites excluding steroid dienone is 1. The standard InChI is InChI=1S/C22H22N2O4/c1-3-28-22(27)20-15(2)24(17-12-8-5-9-13-17)19(25)14-18(20)21(26)23-16-10-6-4-7-11-16/h4-13,18H,3,14H2,1-2H3,(H,23,26)/t18-/m0/s1. The van der Waals surface area contributed by atoms with E-state index in [9.17, 15) is 14.4 Å². The highest BCUT2D eigenvalue weighted by Gasteiger charge is 2.40. The van der Waals surface area contributed by atoms with Crippen LogP contribution >= 0.6 is 0 Å². The van der Waals surface area contributed by atoms with Crippen LogP contribution in [-0.4, -0.2) is 24.4 Å². The Balaban J connectivity index is 2.00. The molecule has 0 aromatic heterocycles. The maximum absolute atomic E-state index is 12.9. The summed E-state index contributed by atoms with van der Waals surface area (Å²) in [6.45, 7) is 3.55. The summed E-state index contributed by atoms with van der Waals surface area (Å²) in [5.74, 6) is -2.15. The summed E-state index contributed by atoms with van der Waals surface area (Å²) in [7, 11) is 0. The van der Waals surface area contributed by atoms with Crippen LogP contribution in [-0.2, 0) is 19.1 Å². The van der Waals surface area contributed by atoms with Crippen LogP contribution in [0.2, 0.25) is 0 Å². The quantitative estimate of drug-likeness (QED) is 0.808. The second-order valence-electron chi connectivity index (χ2n) is 6.40. The highest BCUT2D eigenvalue weighted by molar-refractivity contribution is 6.10. The van der Waals surface area contributed by atoms with Gasteiger partial charge in [-0.05, 0) is 38.1 Å². The minimum Gasteiger partial charge on any atom is -0.463 e. The molecule has 0 unspecified atom stereocenters. The molecule has 1 N–H and O–H groups in total. The van der Waals surface area contributed by atoms with Crippen LogP contribution in [0.25, 0.3) is 0 Å². The normalized spacial score (nSPS) is 16.7. The van der Waals surface area contributed by atoms with Crippen molar-refractivity contribution in [2.24, 2.45) is 5.92 Å². The molecule has 0 saturated carbocycles. The molecule has 28 heavy (non-hydrogen) atoms. The molecule has 144 valence electrons. The molecule has 2 aromatic rings. The lowest BCUT2D eigenvalue weighted by Gasteiger charge is -2.33. The van der Waals surface area contributed by atoms with Gasteiger partial charge in [-0.25, -0.2) is 4.79 Å². The summed E-state index contributed by atoms with van der Waals surface area (Å²) in [4.78, 5) is 39.9. The van der Waals surface area contributed by atoms with Crippen LogP contribution in [0.4, 0.5) is 11.4 Å². The van der Waals surface area contributed by atoms with Crippen molar-refractivity contribution in [3.63, 3.8) is 0 Å². The van der Waals surface area contributed by atoms with Gasteiger partial charge in [-0.15, -0.1) is 0 Å². The molecule has 6 heteroatoms. The van der Waals surface area contributed by atoms with Gasteiger partial charge in [0.25, 0.3) is 0 Å². The summed E-state index contributed by atoms with van der Waals surface area (Å²) in [6, 6.07) is 18.0. The van der Waals surface area contributed by atoms with Crippen molar-refractivity contribution < 1.29 is 19.1 Å². The fraction of sp³-hybridized carbons (Fsp3) is 0.227. The summed E-state index contributed by atoms with van der Waals surface area (Å²) in [6.07, 6.45) is -0.112. The molecule has 0 aliphatic carbocycles. The molecule has 2 aromatic carbocycles. The lowest BCUT2D eigenvalue weighted by atomic mass is 9.88. The molecule has 0 saturated heterocycles. The van der Waals surface area contributed by atoms with E-state index in [1.54, 1.807) is 50.2 Å². The zero-order valence-electron chi connectivity index (χ0n) is 15.8. The topological polar surface area (TPSA) is 75.7 Å². The Morgan fingerprint density at radius 2 is 1.68 bits per heavy atom. The number of ether oxygens (including phenoxy) is 1. The molecular weight excluding hydrogens is 356 g/mol. The van der Waals surface area contributed by atoms with E-state index >= 15 is 0 Å². The van der Waals surface area contributed by atoms with Crippen molar-refractivity contribution in [1.29, 1.82) is 0 Å². The van der Waals surface area contributed by atoms with Gasteiger partial charge in [-0.1, -0.05) is 36.4 Å². The Kier molecular flexibility index (Phi) is 5.89. The van der Waals surface area contributed by atoms with E-state index in [2.05, 4.69) is 5.32 Å². The van der Waals surface area contributed by atoms with Crippen molar-refractivity contribution in [1.82, 2.24) is 0 Å². The first kappa shape index (κ1) is 19.4. The summed E-state index contributed by atoms with van der Waals surface area (Å²) in [5.41, 5.74) is 1.87. The third-order valence-electron chi connectivity index (χ3n) is 4.57. The maximum Gasteiger partial charge on any atom is 0.336 e. The Morgan fingerprint density at radius 3 is 2.29 bits per heavy atom. The van der Waals surface area contributed by atoms with Gasteiger partial charge in [0.1, 0.15) is 0 Å². The first-order valence-corrected chi connectivity index (χ1v) is 9.14. The molecule has 1 atom stereocenters. The third-order valence-corrected chi connectivity index (χ3v) is 4.57. The third kappa shape index (κ3) is 3.96. The SMILES string of the molecule is CCOC(=O)C1=C(C)N(c2ccccc2)C(=O)C[C@@H]1C(=O)Nc1ccccc1. The van der Waals surface area contributed by atoms with Gasteiger partial charge in [-0.3, -0.25) is 14.5 Å². The summed E-state index contributed by atoms with van der Waals surface area (Å²) < 4.78 is 5.19. The molecule has 6 nitrogen and oxygen atoms in total. The van der Waals surface area contributed by atoms with Gasteiger partial charge in [0.15, 0.2) is 0 Å². The lowest BCUT2D eigenvalue weighted by molar-refractivity contribution is -0.141. The van der Waals surface area contributed by atoms with Crippen molar-refractivity contribution in [2.45, 2.75) is 20.3 Å². The number of nitrogens with one attached hydrogen (secondary N) is 1. The Hall–Kier alpha value is -3.41. The van der Waals surface area contributed by atoms with Gasteiger partial charge < -0.3 is 10.1 Å². The average Bonchev–Trinajstić information content (AvgIpc) is 2.69. The summed E-state index contributed by atoms with van der Waals surface area (Å²) in [5, 5.41) is 2.78. The van der Waals surface area contributed by atoms with Gasteiger partial charge >= 0.3 is 5.97 Å². The van der Waals surface area contributed by atoms with Gasteiger partial charge in [0.05, 0.1) is 18.1 Å². The zero-order chi connectivity index (χ0) is 20.1. The lowest BCUT2D eigenvalue weighted by Crippen LogP contribution is -2.43. The number of anilines is 2. The van der Waals surface area contributed by atoms with Crippen LogP contribution in [0.3, 0.4) is 0 Å². The fourth-order valence-corrected chi connectivity index (χ4v) is 3.32. The van der Waals surface area contributed by atoms with E-state index < -0.39 is 17.8 Å². The van der Waals surface area contributed by atoms with Gasteiger partial charge in [0.2, 0.25) is 11.8 Å². The molecule has 0 spiro atoms. The van der Waals surface area contributed by atoms with E-state index in [0.717, 1.165) is 0 Å². The number of carbonyl (C=O) groups excluding carboxylic acids is 3. The molecule has 1 aliphatic rings. The average molecular weight is 378 g/mol. The van der Waals surface area contributed by atoms with E-state index in [4.69, 9.17) is 4.74 Å². The fourth-order valence-electron chi connectivity index (χ4n) is 3.32. The van der Waals surface area contributed by atoms with Crippen molar-refractivity contribution in [3.05, 3.63) is 71.9 Å². The van der Waals surface area contributed by atoms with Crippen LogP contribution in [0.1, 0.15) is 20.3 Å². The number of amides is 2. The van der Waals surface area contributed by atoms with Crippen molar-refractivity contribution >= 4 is 29.2 Å². The second-order valence-corrected chi connectivity index (χ2v) is 6.40. The Morgan fingerprint density at radius 1 is 1.07 bits per heavy atom. The number of hydrogen-bond acceptors (Lipinski definition) is 4. The van der Waals surface area contributed by atoms with Crippen LogP contribution < -0.4 is 10.2 Å². The second kappa shape index (κ2) is 8.52. The molecule has 0 fully saturated rings. The number of para-hydroxylation sites is 2. The number of rotatable bonds is 5. The monoisotopic (exact) mass is 378 g/mol. The van der Waals surface area contributed by atoms with Crippen molar-refractivity contribution in [3.8, 4) is 0 Å². The minimum absolute atomic E-state index is 0.112. The van der Waals surface area contributed by atoms with Gasteiger partial charge in [-0.2, -0.15) is 0 Å². The smallest absolute Gasteiger partial charge is 0.336 e. The predicted octanol–water partition coefficient (Wildman–Crippen LogP) is 3.52. The molecule has 2 amide bonds. The Bertz CT molecular complexity index is 907.